The Morgan fingerprint density at radius 3 is 2.17 bits per heavy atom. The molecule has 0 aromatic heterocycles. The van der Waals surface area contributed by atoms with Gasteiger partial charge in [-0.05, 0) is 52.3 Å². The van der Waals surface area contributed by atoms with Gasteiger partial charge in [-0.15, -0.1) is 0 Å². The highest BCUT2D eigenvalue weighted by Gasteiger charge is 2.22. The van der Waals surface area contributed by atoms with Crippen LogP contribution in [0.15, 0.2) is 57.9 Å². The van der Waals surface area contributed by atoms with Gasteiger partial charge < -0.3 is 4.74 Å². The Morgan fingerprint density at radius 2 is 1.62 bits per heavy atom. The number of nitrogens with zero attached hydrogens (tertiary/aromatic N) is 1. The van der Waals surface area contributed by atoms with Gasteiger partial charge in [-0.2, -0.15) is 4.31 Å². The van der Waals surface area contributed by atoms with E-state index in [-0.39, 0.29) is 10.5 Å². The van der Waals surface area contributed by atoms with Crippen molar-refractivity contribution in [2.24, 2.45) is 0 Å². The number of carbonyl (C=O) groups excluding carboxylic acids is 1. The summed E-state index contributed by atoms with van der Waals surface area (Å²) in [5, 5.41) is 0. The zero-order chi connectivity index (χ0) is 17.7. The SMILES string of the molecule is CCN(CC)S(=O)(=O)c1ccc(C(=O)Oc2ccccc2Br)cc1. The first-order chi connectivity index (χ1) is 11.4. The normalized spacial score (nSPS) is 11.5. The molecule has 0 atom stereocenters. The van der Waals surface area contributed by atoms with E-state index in [9.17, 15) is 13.2 Å². The maximum Gasteiger partial charge on any atom is 0.343 e. The van der Waals surface area contributed by atoms with Crippen LogP contribution in [0.4, 0.5) is 0 Å². The standard InChI is InChI=1S/C17H18BrNO4S/c1-3-19(4-2)24(21,22)14-11-9-13(10-12-14)17(20)23-16-8-6-5-7-15(16)18/h5-12H,3-4H2,1-2H3. The molecular formula is C17H18BrNO4S. The molecule has 0 saturated carbocycles. The Bertz CT molecular complexity index is 815. The number of carbonyl (C=O) groups is 1. The van der Waals surface area contributed by atoms with Gasteiger partial charge in [0.25, 0.3) is 0 Å². The summed E-state index contributed by atoms with van der Waals surface area (Å²) >= 11 is 3.30. The van der Waals surface area contributed by atoms with Crippen LogP contribution in [0.3, 0.4) is 0 Å². The predicted molar refractivity (Wildman–Crippen MR) is 95.6 cm³/mol. The fourth-order valence-corrected chi connectivity index (χ4v) is 3.99. The van der Waals surface area contributed by atoms with Gasteiger partial charge in [0.1, 0.15) is 5.75 Å². The summed E-state index contributed by atoms with van der Waals surface area (Å²) in [5.74, 6) is -0.143. The molecule has 0 heterocycles. The Labute approximate surface area is 150 Å². The van der Waals surface area contributed by atoms with Crippen LogP contribution in [-0.2, 0) is 10.0 Å². The van der Waals surface area contributed by atoms with Crippen LogP contribution < -0.4 is 4.74 Å². The fraction of sp³-hybridized carbons (Fsp3) is 0.235. The monoisotopic (exact) mass is 411 g/mol. The summed E-state index contributed by atoms with van der Waals surface area (Å²) < 4.78 is 32.2. The number of ether oxygens (including phenoxy) is 1. The molecule has 7 heteroatoms. The fourth-order valence-electron chi connectivity index (χ4n) is 2.16. The second-order valence-corrected chi connectivity index (χ2v) is 7.73. The van der Waals surface area contributed by atoms with E-state index in [1.54, 1.807) is 32.0 Å². The average molecular weight is 412 g/mol. The molecule has 0 aliphatic rings. The van der Waals surface area contributed by atoms with Crippen LogP contribution >= 0.6 is 15.9 Å². The van der Waals surface area contributed by atoms with Gasteiger partial charge in [-0.25, -0.2) is 13.2 Å². The van der Waals surface area contributed by atoms with Gasteiger partial charge >= 0.3 is 5.97 Å². The lowest BCUT2D eigenvalue weighted by molar-refractivity contribution is 0.0733. The van der Waals surface area contributed by atoms with Gasteiger partial charge in [0.2, 0.25) is 10.0 Å². The molecule has 0 N–H and O–H groups in total. The van der Waals surface area contributed by atoms with Gasteiger partial charge in [-0.3, -0.25) is 0 Å². The van der Waals surface area contributed by atoms with Crippen molar-refractivity contribution >= 4 is 31.9 Å². The third kappa shape index (κ3) is 4.03. The van der Waals surface area contributed by atoms with Crippen molar-refractivity contribution in [3.63, 3.8) is 0 Å². The van der Waals surface area contributed by atoms with Crippen molar-refractivity contribution < 1.29 is 17.9 Å². The molecule has 2 aromatic carbocycles. The highest BCUT2D eigenvalue weighted by atomic mass is 79.9. The topological polar surface area (TPSA) is 63.7 Å². The highest BCUT2D eigenvalue weighted by molar-refractivity contribution is 9.10. The second-order valence-electron chi connectivity index (χ2n) is 4.93. The van der Waals surface area contributed by atoms with E-state index in [0.29, 0.717) is 23.3 Å². The van der Waals surface area contributed by atoms with Crippen LogP contribution in [0.5, 0.6) is 5.75 Å². The number of esters is 1. The molecule has 0 radical (unpaired) electrons. The van der Waals surface area contributed by atoms with E-state index in [4.69, 9.17) is 4.74 Å². The van der Waals surface area contributed by atoms with Crippen molar-refractivity contribution in [2.45, 2.75) is 18.7 Å². The summed E-state index contributed by atoms with van der Waals surface area (Å²) in [5.41, 5.74) is 0.282. The molecule has 0 unspecified atom stereocenters. The zero-order valence-electron chi connectivity index (χ0n) is 13.4. The average Bonchev–Trinajstić information content (AvgIpc) is 2.58. The number of benzene rings is 2. The quantitative estimate of drug-likeness (QED) is 0.536. The molecule has 0 saturated heterocycles. The molecule has 0 amide bonds. The Kier molecular flexibility index (Phi) is 6.15. The molecule has 0 bridgehead atoms. The highest BCUT2D eigenvalue weighted by Crippen LogP contribution is 2.25. The third-order valence-corrected chi connectivity index (χ3v) is 6.19. The smallest absolute Gasteiger partial charge is 0.343 e. The second kappa shape index (κ2) is 7.92. The Morgan fingerprint density at radius 1 is 1.04 bits per heavy atom. The van der Waals surface area contributed by atoms with Crippen molar-refractivity contribution in [1.82, 2.24) is 4.31 Å². The van der Waals surface area contributed by atoms with E-state index in [2.05, 4.69) is 15.9 Å². The van der Waals surface area contributed by atoms with Crippen LogP contribution in [0, 0.1) is 0 Å². The molecule has 2 rings (SSSR count). The van der Waals surface area contributed by atoms with E-state index < -0.39 is 16.0 Å². The maximum absolute atomic E-state index is 12.4. The Hall–Kier alpha value is -1.70. The van der Waals surface area contributed by atoms with Crippen LogP contribution in [0.2, 0.25) is 0 Å². The molecule has 5 nitrogen and oxygen atoms in total. The first-order valence-electron chi connectivity index (χ1n) is 7.47. The van der Waals surface area contributed by atoms with Gasteiger partial charge in [-0.1, -0.05) is 26.0 Å². The summed E-state index contributed by atoms with van der Waals surface area (Å²) in [7, 11) is -3.54. The number of halogens is 1. The molecule has 24 heavy (non-hydrogen) atoms. The molecule has 0 fully saturated rings. The van der Waals surface area contributed by atoms with Crippen molar-refractivity contribution in [1.29, 1.82) is 0 Å². The first kappa shape index (κ1) is 18.6. The summed E-state index contributed by atoms with van der Waals surface area (Å²) in [6.45, 7) is 4.35. The van der Waals surface area contributed by atoms with E-state index >= 15 is 0 Å². The lowest BCUT2D eigenvalue weighted by atomic mass is 10.2. The minimum Gasteiger partial charge on any atom is -0.422 e. The number of rotatable bonds is 6. The molecule has 0 aliphatic carbocycles. The third-order valence-electron chi connectivity index (χ3n) is 3.47. The first-order valence-corrected chi connectivity index (χ1v) is 9.70. The number of hydrogen-bond donors (Lipinski definition) is 0. The number of hydrogen-bond acceptors (Lipinski definition) is 4. The number of para-hydroxylation sites is 1. The lowest BCUT2D eigenvalue weighted by Crippen LogP contribution is -2.30. The van der Waals surface area contributed by atoms with Gasteiger partial charge in [0.05, 0.1) is 14.9 Å². The predicted octanol–water partition coefficient (Wildman–Crippen LogP) is 3.70. The minimum atomic E-state index is -3.54. The van der Waals surface area contributed by atoms with Gasteiger partial charge in [0.15, 0.2) is 0 Å². The summed E-state index contributed by atoms with van der Waals surface area (Å²) in [6.07, 6.45) is 0. The molecule has 0 aliphatic heterocycles. The molecule has 0 spiro atoms. The van der Waals surface area contributed by atoms with Crippen LogP contribution in [0.25, 0.3) is 0 Å². The maximum atomic E-state index is 12.4. The van der Waals surface area contributed by atoms with Crippen molar-refractivity contribution in [3.8, 4) is 5.75 Å². The van der Waals surface area contributed by atoms with E-state index in [0.717, 1.165) is 0 Å². The van der Waals surface area contributed by atoms with E-state index in [1.807, 2.05) is 6.07 Å². The Balaban J connectivity index is 2.20. The summed E-state index contributed by atoms with van der Waals surface area (Å²) in [4.78, 5) is 12.3. The van der Waals surface area contributed by atoms with Crippen LogP contribution in [-0.4, -0.2) is 31.8 Å². The van der Waals surface area contributed by atoms with Crippen molar-refractivity contribution in [3.05, 3.63) is 58.6 Å². The van der Waals surface area contributed by atoms with Gasteiger partial charge in [0, 0.05) is 13.1 Å². The minimum absolute atomic E-state index is 0.156. The molecular weight excluding hydrogens is 394 g/mol. The molecule has 2 aromatic rings. The van der Waals surface area contributed by atoms with E-state index in [1.165, 1.54) is 28.6 Å². The zero-order valence-corrected chi connectivity index (χ0v) is 15.8. The van der Waals surface area contributed by atoms with Crippen LogP contribution in [0.1, 0.15) is 24.2 Å². The summed E-state index contributed by atoms with van der Waals surface area (Å²) in [6, 6.07) is 12.8. The lowest BCUT2D eigenvalue weighted by Gasteiger charge is -2.18. The molecule has 128 valence electrons. The largest absolute Gasteiger partial charge is 0.422 e. The van der Waals surface area contributed by atoms with Crippen molar-refractivity contribution in [2.75, 3.05) is 13.1 Å². The number of sulfonamides is 1.